The molecule has 1 heterocycles. The van der Waals surface area contributed by atoms with Crippen LogP contribution in [0.3, 0.4) is 0 Å². The lowest BCUT2D eigenvalue weighted by Crippen LogP contribution is -2.11. The van der Waals surface area contributed by atoms with E-state index in [1.165, 1.54) is 0 Å². The zero-order chi connectivity index (χ0) is 18.5. The average molecular weight is 346 g/mol. The second-order valence-corrected chi connectivity index (χ2v) is 6.26. The monoisotopic (exact) mass is 346 g/mol. The van der Waals surface area contributed by atoms with E-state index >= 15 is 0 Å². The van der Waals surface area contributed by atoms with Crippen molar-refractivity contribution in [2.24, 2.45) is 0 Å². The van der Waals surface area contributed by atoms with Gasteiger partial charge in [0.15, 0.2) is 0 Å². The molecule has 0 saturated heterocycles. The van der Waals surface area contributed by atoms with Gasteiger partial charge >= 0.3 is 5.97 Å². The molecular formula is C22H22N2O2. The van der Waals surface area contributed by atoms with Crippen molar-refractivity contribution in [1.29, 1.82) is 0 Å². The van der Waals surface area contributed by atoms with Crippen molar-refractivity contribution in [3.05, 3.63) is 89.9 Å². The molecule has 0 fully saturated rings. The fourth-order valence-electron chi connectivity index (χ4n) is 2.89. The molecule has 1 aromatic heterocycles. The van der Waals surface area contributed by atoms with Crippen molar-refractivity contribution in [3.8, 4) is 11.3 Å². The largest absolute Gasteiger partial charge is 0.454 e. The first-order chi connectivity index (χ1) is 12.6. The highest BCUT2D eigenvalue weighted by atomic mass is 16.5. The lowest BCUT2D eigenvalue weighted by molar-refractivity contribution is -0.140. The molecule has 0 N–H and O–H groups in total. The first-order valence-corrected chi connectivity index (χ1v) is 8.54. The summed E-state index contributed by atoms with van der Waals surface area (Å²) in [5.41, 5.74) is 4.58. The minimum Gasteiger partial charge on any atom is -0.454 e. The summed E-state index contributed by atoms with van der Waals surface area (Å²) in [6.07, 6.45) is 0. The number of ether oxygens (including phenoxy) is 1. The molecule has 132 valence electrons. The molecule has 3 aromatic rings. The Bertz CT molecular complexity index is 912. The van der Waals surface area contributed by atoms with Gasteiger partial charge in [-0.1, -0.05) is 67.2 Å². The van der Waals surface area contributed by atoms with Gasteiger partial charge in [-0.2, -0.15) is 0 Å². The molecule has 4 nitrogen and oxygen atoms in total. The second-order valence-electron chi connectivity index (χ2n) is 6.26. The molecule has 0 spiro atoms. The molecule has 0 amide bonds. The van der Waals surface area contributed by atoms with Crippen LogP contribution in [0.15, 0.2) is 72.8 Å². The van der Waals surface area contributed by atoms with Crippen LogP contribution in [0.2, 0.25) is 0 Å². The van der Waals surface area contributed by atoms with Crippen molar-refractivity contribution >= 4 is 5.97 Å². The third kappa shape index (κ3) is 3.91. The fraction of sp³-hybridized carbons (Fsp3) is 0.182. The second kappa shape index (κ2) is 7.83. The number of hydrogen-bond acceptors (Lipinski definition) is 3. The maximum atomic E-state index is 11.8. The van der Waals surface area contributed by atoms with Gasteiger partial charge in [0, 0.05) is 17.7 Å². The van der Waals surface area contributed by atoms with Gasteiger partial charge in [0.2, 0.25) is 0 Å². The summed E-state index contributed by atoms with van der Waals surface area (Å²) in [5.74, 6) is 0.318. The Hall–Kier alpha value is -3.14. The Morgan fingerprint density at radius 1 is 1.08 bits per heavy atom. The number of rotatable bonds is 6. The summed E-state index contributed by atoms with van der Waals surface area (Å²) in [6.45, 7) is 8.02. The molecule has 0 bridgehead atoms. The van der Waals surface area contributed by atoms with Crippen molar-refractivity contribution in [2.45, 2.75) is 27.0 Å². The standard InChI is InChI=1S/C22H22N2O2/c1-16(2)22(25)26-15-20-23-17(3)21(19-12-8-5-9-13-19)24(20)14-18-10-6-4-7-11-18/h4-13H,1,14-15H2,2-3H3. The first-order valence-electron chi connectivity index (χ1n) is 8.54. The van der Waals surface area contributed by atoms with Crippen LogP contribution in [-0.2, 0) is 22.7 Å². The summed E-state index contributed by atoms with van der Waals surface area (Å²) in [4.78, 5) is 16.5. The van der Waals surface area contributed by atoms with Gasteiger partial charge < -0.3 is 9.30 Å². The Labute approximate surface area is 153 Å². The van der Waals surface area contributed by atoms with E-state index in [0.29, 0.717) is 12.1 Å². The van der Waals surface area contributed by atoms with E-state index in [-0.39, 0.29) is 6.61 Å². The number of carbonyl (C=O) groups is 1. The van der Waals surface area contributed by atoms with Gasteiger partial charge in [0.05, 0.1) is 11.4 Å². The van der Waals surface area contributed by atoms with Gasteiger partial charge in [-0.3, -0.25) is 0 Å². The van der Waals surface area contributed by atoms with E-state index in [1.54, 1.807) is 6.92 Å². The van der Waals surface area contributed by atoms with Crippen LogP contribution < -0.4 is 0 Å². The van der Waals surface area contributed by atoms with Gasteiger partial charge in [-0.15, -0.1) is 0 Å². The molecule has 0 atom stereocenters. The number of imidazole rings is 1. The molecular weight excluding hydrogens is 324 g/mol. The summed E-state index contributed by atoms with van der Waals surface area (Å²) in [6, 6.07) is 20.3. The highest BCUT2D eigenvalue weighted by molar-refractivity contribution is 5.86. The molecule has 4 heteroatoms. The highest BCUT2D eigenvalue weighted by Crippen LogP contribution is 2.26. The summed E-state index contributed by atoms with van der Waals surface area (Å²) in [7, 11) is 0. The minimum atomic E-state index is -0.404. The Kier molecular flexibility index (Phi) is 5.32. The molecule has 0 aliphatic heterocycles. The van der Waals surface area contributed by atoms with Gasteiger partial charge in [-0.25, -0.2) is 9.78 Å². The number of benzene rings is 2. The van der Waals surface area contributed by atoms with Crippen LogP contribution in [-0.4, -0.2) is 15.5 Å². The summed E-state index contributed by atoms with van der Waals surface area (Å²) < 4.78 is 7.47. The van der Waals surface area contributed by atoms with Crippen LogP contribution in [0, 0.1) is 6.92 Å². The number of carbonyl (C=O) groups excluding carboxylic acids is 1. The average Bonchev–Trinajstić information content (AvgIpc) is 2.96. The maximum absolute atomic E-state index is 11.8. The minimum absolute atomic E-state index is 0.117. The third-order valence-corrected chi connectivity index (χ3v) is 4.13. The lowest BCUT2D eigenvalue weighted by atomic mass is 10.1. The van der Waals surface area contributed by atoms with Crippen LogP contribution in [0.5, 0.6) is 0 Å². The van der Waals surface area contributed by atoms with Crippen molar-refractivity contribution in [2.75, 3.05) is 0 Å². The van der Waals surface area contributed by atoms with Crippen LogP contribution in [0.1, 0.15) is 24.0 Å². The molecule has 0 aliphatic rings. The van der Waals surface area contributed by atoms with E-state index < -0.39 is 5.97 Å². The molecule has 3 rings (SSSR count). The van der Waals surface area contributed by atoms with Gasteiger partial charge in [0.1, 0.15) is 12.4 Å². The molecule has 2 aromatic carbocycles. The summed E-state index contributed by atoms with van der Waals surface area (Å²) in [5, 5.41) is 0. The van der Waals surface area contributed by atoms with Crippen LogP contribution in [0.4, 0.5) is 0 Å². The number of hydrogen-bond donors (Lipinski definition) is 0. The smallest absolute Gasteiger partial charge is 0.333 e. The molecule has 0 saturated carbocycles. The van der Waals surface area contributed by atoms with Crippen molar-refractivity contribution < 1.29 is 9.53 Å². The Morgan fingerprint density at radius 3 is 2.31 bits per heavy atom. The quantitative estimate of drug-likeness (QED) is 0.487. The van der Waals surface area contributed by atoms with E-state index in [9.17, 15) is 4.79 Å². The van der Waals surface area contributed by atoms with Crippen LogP contribution in [0.25, 0.3) is 11.3 Å². The van der Waals surface area contributed by atoms with E-state index in [0.717, 1.165) is 28.3 Å². The zero-order valence-corrected chi connectivity index (χ0v) is 15.1. The Morgan fingerprint density at radius 2 is 1.69 bits per heavy atom. The molecule has 0 radical (unpaired) electrons. The summed E-state index contributed by atoms with van der Waals surface area (Å²) >= 11 is 0. The van der Waals surface area contributed by atoms with Gasteiger partial charge in [-0.05, 0) is 19.4 Å². The van der Waals surface area contributed by atoms with Crippen LogP contribution >= 0.6 is 0 Å². The van der Waals surface area contributed by atoms with Crippen molar-refractivity contribution in [1.82, 2.24) is 9.55 Å². The third-order valence-electron chi connectivity index (χ3n) is 4.13. The molecule has 26 heavy (non-hydrogen) atoms. The zero-order valence-electron chi connectivity index (χ0n) is 15.1. The predicted octanol–water partition coefficient (Wildman–Crippen LogP) is 4.53. The normalized spacial score (nSPS) is 10.5. The van der Waals surface area contributed by atoms with E-state index in [1.807, 2.05) is 43.3 Å². The van der Waals surface area contributed by atoms with Crippen molar-refractivity contribution in [3.63, 3.8) is 0 Å². The molecule has 0 unspecified atom stereocenters. The highest BCUT2D eigenvalue weighted by Gasteiger charge is 2.17. The predicted molar refractivity (Wildman–Crippen MR) is 103 cm³/mol. The molecule has 0 aliphatic carbocycles. The van der Waals surface area contributed by atoms with E-state index in [2.05, 4.69) is 40.4 Å². The maximum Gasteiger partial charge on any atom is 0.333 e. The lowest BCUT2D eigenvalue weighted by Gasteiger charge is -2.13. The van der Waals surface area contributed by atoms with Gasteiger partial charge in [0.25, 0.3) is 0 Å². The number of esters is 1. The first kappa shape index (κ1) is 17.7. The number of aromatic nitrogens is 2. The number of aryl methyl sites for hydroxylation is 1. The Balaban J connectivity index is 2.01. The fourth-order valence-corrected chi connectivity index (χ4v) is 2.89. The SMILES string of the molecule is C=C(C)C(=O)OCc1nc(C)c(-c2ccccc2)n1Cc1ccccc1. The topological polar surface area (TPSA) is 44.1 Å². The number of nitrogens with zero attached hydrogens (tertiary/aromatic N) is 2. The van der Waals surface area contributed by atoms with E-state index in [4.69, 9.17) is 4.74 Å².